The van der Waals surface area contributed by atoms with E-state index in [9.17, 15) is 0 Å². The summed E-state index contributed by atoms with van der Waals surface area (Å²) in [5, 5.41) is 0. The third-order valence-electron chi connectivity index (χ3n) is 3.65. The molecule has 4 heteroatoms. The van der Waals surface area contributed by atoms with E-state index in [4.69, 9.17) is 10.5 Å². The Morgan fingerprint density at radius 3 is 2.29 bits per heavy atom. The first kappa shape index (κ1) is 16.5. The maximum atomic E-state index is 6.55. The Balaban J connectivity index is 2.64. The van der Waals surface area contributed by atoms with E-state index in [-0.39, 0.29) is 6.04 Å². The van der Waals surface area contributed by atoms with Crippen molar-refractivity contribution in [2.75, 3.05) is 7.11 Å². The van der Waals surface area contributed by atoms with Crippen molar-refractivity contribution in [1.29, 1.82) is 0 Å². The molecule has 112 valence electrons. The first-order chi connectivity index (χ1) is 9.85. The molecule has 0 bridgehead atoms. The van der Waals surface area contributed by atoms with Crippen LogP contribution < -0.4 is 10.5 Å². The van der Waals surface area contributed by atoms with Gasteiger partial charge in [-0.25, -0.2) is 0 Å². The number of aryl methyl sites for hydroxylation is 2. The summed E-state index contributed by atoms with van der Waals surface area (Å²) in [6, 6.07) is 8.09. The molecule has 0 fully saturated rings. The minimum absolute atomic E-state index is 0.229. The predicted molar refractivity (Wildman–Crippen MR) is 95.1 cm³/mol. The van der Waals surface area contributed by atoms with Gasteiger partial charge in [0.15, 0.2) is 0 Å². The molecule has 2 rings (SSSR count). The van der Waals surface area contributed by atoms with E-state index < -0.39 is 0 Å². The SMILES string of the molecule is COc1c(C)cc(Br)c(C)c1C(N)c1cc(C)cc(Br)c1. The van der Waals surface area contributed by atoms with Crippen LogP contribution in [-0.2, 0) is 0 Å². The number of nitrogens with two attached hydrogens (primary N) is 1. The number of rotatable bonds is 3. The van der Waals surface area contributed by atoms with E-state index >= 15 is 0 Å². The Morgan fingerprint density at radius 1 is 1.05 bits per heavy atom. The standard InChI is InChI=1S/C17H19Br2NO/c1-9-5-12(8-13(18)6-9)16(20)15-11(3)14(19)7-10(2)17(15)21-4/h5-8,16H,20H2,1-4H3. The van der Waals surface area contributed by atoms with Gasteiger partial charge in [0.2, 0.25) is 0 Å². The monoisotopic (exact) mass is 411 g/mol. The van der Waals surface area contributed by atoms with Gasteiger partial charge in [0.25, 0.3) is 0 Å². The summed E-state index contributed by atoms with van der Waals surface area (Å²) >= 11 is 7.15. The highest BCUT2D eigenvalue weighted by atomic mass is 79.9. The highest BCUT2D eigenvalue weighted by Gasteiger charge is 2.21. The van der Waals surface area contributed by atoms with E-state index in [1.807, 2.05) is 6.92 Å². The zero-order valence-corrected chi connectivity index (χ0v) is 15.8. The molecule has 0 amide bonds. The molecule has 0 spiro atoms. The van der Waals surface area contributed by atoms with Crippen LogP contribution in [0, 0.1) is 20.8 Å². The minimum atomic E-state index is -0.229. The van der Waals surface area contributed by atoms with Crippen LogP contribution in [0.4, 0.5) is 0 Å². The molecule has 0 saturated heterocycles. The van der Waals surface area contributed by atoms with E-state index in [2.05, 4.69) is 70.0 Å². The quantitative estimate of drug-likeness (QED) is 0.752. The first-order valence-corrected chi connectivity index (χ1v) is 8.30. The fourth-order valence-electron chi connectivity index (χ4n) is 2.63. The summed E-state index contributed by atoms with van der Waals surface area (Å²) in [6.07, 6.45) is 0. The van der Waals surface area contributed by atoms with Crippen molar-refractivity contribution in [2.24, 2.45) is 5.73 Å². The number of methoxy groups -OCH3 is 1. The van der Waals surface area contributed by atoms with Crippen molar-refractivity contribution in [2.45, 2.75) is 26.8 Å². The minimum Gasteiger partial charge on any atom is -0.496 e. The molecule has 0 saturated carbocycles. The van der Waals surface area contributed by atoms with Crippen molar-refractivity contribution in [3.8, 4) is 5.75 Å². The van der Waals surface area contributed by atoms with Crippen LogP contribution in [0.25, 0.3) is 0 Å². The van der Waals surface area contributed by atoms with Gasteiger partial charge in [-0.15, -0.1) is 0 Å². The number of halogens is 2. The number of benzene rings is 2. The van der Waals surface area contributed by atoms with Gasteiger partial charge in [0, 0.05) is 14.5 Å². The third-order valence-corrected chi connectivity index (χ3v) is 4.93. The molecule has 0 aliphatic carbocycles. The predicted octanol–water partition coefficient (Wildman–Crippen LogP) is 5.19. The fraction of sp³-hybridized carbons (Fsp3) is 0.294. The Bertz CT molecular complexity index is 663. The molecule has 2 aromatic rings. The summed E-state index contributed by atoms with van der Waals surface area (Å²) in [4.78, 5) is 0. The van der Waals surface area contributed by atoms with Gasteiger partial charge in [0.05, 0.1) is 13.2 Å². The molecule has 0 aromatic heterocycles. The highest BCUT2D eigenvalue weighted by Crippen LogP contribution is 2.38. The third kappa shape index (κ3) is 3.33. The Labute approximate surface area is 143 Å². The summed E-state index contributed by atoms with van der Waals surface area (Å²) in [5.74, 6) is 0.862. The van der Waals surface area contributed by atoms with Crippen LogP contribution in [0.5, 0.6) is 5.75 Å². The van der Waals surface area contributed by atoms with Gasteiger partial charge in [-0.2, -0.15) is 0 Å². The normalized spacial score (nSPS) is 12.3. The Kier molecular flexibility index (Phi) is 5.12. The van der Waals surface area contributed by atoms with Crippen molar-refractivity contribution in [3.63, 3.8) is 0 Å². The Hall–Kier alpha value is -0.840. The number of hydrogen-bond donors (Lipinski definition) is 1. The summed E-state index contributed by atoms with van der Waals surface area (Å²) in [5.41, 5.74) is 12.0. The largest absolute Gasteiger partial charge is 0.496 e. The topological polar surface area (TPSA) is 35.2 Å². The van der Waals surface area contributed by atoms with Crippen molar-refractivity contribution < 1.29 is 4.74 Å². The molecule has 2 nitrogen and oxygen atoms in total. The van der Waals surface area contributed by atoms with E-state index in [1.54, 1.807) is 7.11 Å². The van der Waals surface area contributed by atoms with Crippen LogP contribution in [0.3, 0.4) is 0 Å². The van der Waals surface area contributed by atoms with Crippen molar-refractivity contribution >= 4 is 31.9 Å². The lowest BCUT2D eigenvalue weighted by Crippen LogP contribution is -2.16. The lowest BCUT2D eigenvalue weighted by Gasteiger charge is -2.22. The van der Waals surface area contributed by atoms with Gasteiger partial charge >= 0.3 is 0 Å². The lowest BCUT2D eigenvalue weighted by molar-refractivity contribution is 0.404. The lowest BCUT2D eigenvalue weighted by atomic mass is 9.92. The average Bonchev–Trinajstić information content (AvgIpc) is 2.40. The zero-order chi connectivity index (χ0) is 15.7. The number of ether oxygens (including phenoxy) is 1. The molecule has 1 atom stereocenters. The zero-order valence-electron chi connectivity index (χ0n) is 12.6. The highest BCUT2D eigenvalue weighted by molar-refractivity contribution is 9.10. The van der Waals surface area contributed by atoms with Crippen LogP contribution in [0.15, 0.2) is 33.2 Å². The summed E-state index contributed by atoms with van der Waals surface area (Å²) in [7, 11) is 1.69. The van der Waals surface area contributed by atoms with Gasteiger partial charge in [-0.1, -0.05) is 37.9 Å². The van der Waals surface area contributed by atoms with E-state index in [0.29, 0.717) is 0 Å². The summed E-state index contributed by atoms with van der Waals surface area (Å²) < 4.78 is 7.69. The Morgan fingerprint density at radius 2 is 1.71 bits per heavy atom. The van der Waals surface area contributed by atoms with Crippen molar-refractivity contribution in [3.05, 3.63) is 61.0 Å². The van der Waals surface area contributed by atoms with Gasteiger partial charge in [-0.05, 0) is 61.2 Å². The second-order valence-corrected chi connectivity index (χ2v) is 7.06. The van der Waals surface area contributed by atoms with Crippen LogP contribution in [-0.4, -0.2) is 7.11 Å². The molecule has 2 N–H and O–H groups in total. The van der Waals surface area contributed by atoms with Gasteiger partial charge < -0.3 is 10.5 Å². The van der Waals surface area contributed by atoms with E-state index in [0.717, 1.165) is 36.9 Å². The molecule has 21 heavy (non-hydrogen) atoms. The number of hydrogen-bond acceptors (Lipinski definition) is 2. The molecular weight excluding hydrogens is 394 g/mol. The molecule has 0 aliphatic rings. The maximum Gasteiger partial charge on any atom is 0.127 e. The molecule has 1 unspecified atom stereocenters. The first-order valence-electron chi connectivity index (χ1n) is 6.71. The molecular formula is C17H19Br2NO. The fourth-order valence-corrected chi connectivity index (χ4v) is 3.81. The van der Waals surface area contributed by atoms with E-state index in [1.165, 1.54) is 5.56 Å². The maximum absolute atomic E-state index is 6.55. The van der Waals surface area contributed by atoms with Gasteiger partial charge in [-0.3, -0.25) is 0 Å². The van der Waals surface area contributed by atoms with Crippen LogP contribution >= 0.6 is 31.9 Å². The second kappa shape index (κ2) is 6.51. The summed E-state index contributed by atoms with van der Waals surface area (Å²) in [6.45, 7) is 6.16. The average molecular weight is 413 g/mol. The van der Waals surface area contributed by atoms with Crippen LogP contribution in [0.1, 0.15) is 33.9 Å². The molecule has 0 aliphatic heterocycles. The smallest absolute Gasteiger partial charge is 0.127 e. The van der Waals surface area contributed by atoms with Crippen molar-refractivity contribution in [1.82, 2.24) is 0 Å². The van der Waals surface area contributed by atoms with Crippen LogP contribution in [0.2, 0.25) is 0 Å². The molecule has 2 aromatic carbocycles. The molecule has 0 radical (unpaired) electrons. The van der Waals surface area contributed by atoms with Gasteiger partial charge in [0.1, 0.15) is 5.75 Å². The molecule has 0 heterocycles. The second-order valence-electron chi connectivity index (χ2n) is 5.29.